The average molecular weight is 384 g/mol. The molecule has 0 aromatic heterocycles. The van der Waals surface area contributed by atoms with E-state index < -0.39 is 5.54 Å². The van der Waals surface area contributed by atoms with Gasteiger partial charge < -0.3 is 5.32 Å². The molecular weight excluding hydrogens is 362 g/mol. The molecule has 2 aliphatic heterocycles. The molecule has 2 heterocycles. The van der Waals surface area contributed by atoms with Crippen LogP contribution in [0.3, 0.4) is 0 Å². The number of hydrogen-bond acceptors (Lipinski definition) is 3. The molecule has 2 saturated heterocycles. The first-order valence-electron chi connectivity index (χ1n) is 9.21. The van der Waals surface area contributed by atoms with Crippen molar-refractivity contribution in [1.29, 1.82) is 0 Å². The quantitative estimate of drug-likeness (QED) is 0.823. The SMILES string of the molecule is O=C1NC2(CCCN(Cc3ccccc3)C2)C(=O)N1Cc1ccccc1Cl. The molecule has 5 nitrogen and oxygen atoms in total. The Kier molecular flexibility index (Phi) is 4.89. The molecule has 1 spiro atoms. The average Bonchev–Trinajstić information content (AvgIpc) is 2.88. The lowest BCUT2D eigenvalue weighted by Gasteiger charge is -2.38. The van der Waals surface area contributed by atoms with Crippen molar-refractivity contribution < 1.29 is 9.59 Å². The number of halogens is 1. The van der Waals surface area contributed by atoms with Gasteiger partial charge in [-0.2, -0.15) is 0 Å². The van der Waals surface area contributed by atoms with E-state index in [-0.39, 0.29) is 18.5 Å². The highest BCUT2D eigenvalue weighted by Crippen LogP contribution is 2.31. The standard InChI is InChI=1S/C21H22ClN3O2/c22-18-10-5-4-9-17(18)14-25-19(26)21(23-20(25)27)11-6-12-24(15-21)13-16-7-2-1-3-8-16/h1-5,7-10H,6,11-15H2,(H,23,27). The minimum Gasteiger partial charge on any atom is -0.322 e. The summed E-state index contributed by atoms with van der Waals surface area (Å²) in [6.45, 7) is 2.43. The summed E-state index contributed by atoms with van der Waals surface area (Å²) >= 11 is 6.21. The van der Waals surface area contributed by atoms with Crippen molar-refractivity contribution in [2.75, 3.05) is 13.1 Å². The van der Waals surface area contributed by atoms with Gasteiger partial charge >= 0.3 is 6.03 Å². The second-order valence-corrected chi connectivity index (χ2v) is 7.70. The zero-order chi connectivity index (χ0) is 18.9. The van der Waals surface area contributed by atoms with Gasteiger partial charge in [0.05, 0.1) is 6.54 Å². The largest absolute Gasteiger partial charge is 0.325 e. The van der Waals surface area contributed by atoms with Crippen LogP contribution < -0.4 is 5.32 Å². The number of rotatable bonds is 4. The van der Waals surface area contributed by atoms with Crippen LogP contribution in [0.4, 0.5) is 4.79 Å². The van der Waals surface area contributed by atoms with Gasteiger partial charge in [0, 0.05) is 18.1 Å². The maximum absolute atomic E-state index is 13.2. The number of carbonyl (C=O) groups is 2. The van der Waals surface area contributed by atoms with Gasteiger partial charge in [0.1, 0.15) is 5.54 Å². The first-order chi connectivity index (χ1) is 13.1. The molecule has 2 aliphatic rings. The Balaban J connectivity index is 1.50. The summed E-state index contributed by atoms with van der Waals surface area (Å²) in [5.74, 6) is -0.148. The van der Waals surface area contributed by atoms with E-state index in [0.29, 0.717) is 18.0 Å². The number of likely N-dealkylation sites (tertiary alicyclic amines) is 1. The zero-order valence-electron chi connectivity index (χ0n) is 15.0. The summed E-state index contributed by atoms with van der Waals surface area (Å²) in [5.41, 5.74) is 1.15. The molecule has 0 aliphatic carbocycles. The van der Waals surface area contributed by atoms with Crippen LogP contribution in [0.1, 0.15) is 24.0 Å². The van der Waals surface area contributed by atoms with Gasteiger partial charge in [0.25, 0.3) is 5.91 Å². The highest BCUT2D eigenvalue weighted by Gasteiger charge is 2.52. The molecule has 27 heavy (non-hydrogen) atoms. The fourth-order valence-electron chi connectivity index (χ4n) is 4.01. The first-order valence-corrected chi connectivity index (χ1v) is 9.59. The van der Waals surface area contributed by atoms with Crippen molar-refractivity contribution in [2.45, 2.75) is 31.5 Å². The smallest absolute Gasteiger partial charge is 0.322 e. The second kappa shape index (κ2) is 7.33. The number of amides is 3. The van der Waals surface area contributed by atoms with E-state index in [2.05, 4.69) is 22.3 Å². The molecule has 0 radical (unpaired) electrons. The maximum atomic E-state index is 13.2. The van der Waals surface area contributed by atoms with Crippen molar-refractivity contribution in [3.63, 3.8) is 0 Å². The number of imide groups is 1. The predicted octanol–water partition coefficient (Wildman–Crippen LogP) is 3.43. The molecule has 140 valence electrons. The Hall–Kier alpha value is -2.37. The Morgan fingerprint density at radius 1 is 1.00 bits per heavy atom. The summed E-state index contributed by atoms with van der Waals surface area (Å²) in [6.07, 6.45) is 1.54. The molecule has 0 bridgehead atoms. The zero-order valence-corrected chi connectivity index (χ0v) is 15.8. The van der Waals surface area contributed by atoms with E-state index in [1.807, 2.05) is 36.4 Å². The molecule has 2 aromatic rings. The molecule has 2 aromatic carbocycles. The molecule has 2 fully saturated rings. The van der Waals surface area contributed by atoms with Crippen LogP contribution in [0, 0.1) is 0 Å². The number of benzene rings is 2. The van der Waals surface area contributed by atoms with Crippen molar-refractivity contribution in [3.05, 3.63) is 70.7 Å². The molecule has 1 unspecified atom stereocenters. The summed E-state index contributed by atoms with van der Waals surface area (Å²) in [6, 6.07) is 17.2. The Bertz CT molecular complexity index is 858. The third-order valence-electron chi connectivity index (χ3n) is 5.35. The minimum atomic E-state index is -0.828. The Labute approximate surface area is 163 Å². The van der Waals surface area contributed by atoms with Gasteiger partial charge in [-0.3, -0.25) is 14.6 Å². The number of nitrogens with zero attached hydrogens (tertiary/aromatic N) is 2. The van der Waals surface area contributed by atoms with Crippen LogP contribution in [0.25, 0.3) is 0 Å². The number of carbonyl (C=O) groups excluding carboxylic acids is 2. The predicted molar refractivity (Wildman–Crippen MR) is 104 cm³/mol. The van der Waals surface area contributed by atoms with Gasteiger partial charge in [0.2, 0.25) is 0 Å². The third-order valence-corrected chi connectivity index (χ3v) is 5.72. The summed E-state index contributed by atoms with van der Waals surface area (Å²) in [7, 11) is 0. The lowest BCUT2D eigenvalue weighted by molar-refractivity contribution is -0.133. The van der Waals surface area contributed by atoms with Gasteiger partial charge in [-0.15, -0.1) is 0 Å². The van der Waals surface area contributed by atoms with E-state index >= 15 is 0 Å². The third kappa shape index (κ3) is 3.57. The van der Waals surface area contributed by atoms with E-state index in [1.165, 1.54) is 10.5 Å². The van der Waals surface area contributed by atoms with E-state index in [4.69, 9.17) is 11.6 Å². The molecule has 1 N–H and O–H groups in total. The summed E-state index contributed by atoms with van der Waals surface area (Å²) in [4.78, 5) is 29.3. The Morgan fingerprint density at radius 3 is 2.52 bits per heavy atom. The number of urea groups is 1. The minimum absolute atomic E-state index is 0.148. The van der Waals surface area contributed by atoms with E-state index in [1.54, 1.807) is 6.07 Å². The van der Waals surface area contributed by atoms with Crippen LogP contribution in [0.5, 0.6) is 0 Å². The highest BCUT2D eigenvalue weighted by atomic mass is 35.5. The van der Waals surface area contributed by atoms with Crippen LogP contribution in [-0.2, 0) is 17.9 Å². The summed E-state index contributed by atoms with van der Waals surface area (Å²) in [5, 5.41) is 3.54. The van der Waals surface area contributed by atoms with Crippen molar-refractivity contribution in [1.82, 2.24) is 15.1 Å². The van der Waals surface area contributed by atoms with E-state index in [9.17, 15) is 9.59 Å². The number of piperidine rings is 1. The van der Waals surface area contributed by atoms with Crippen LogP contribution in [-0.4, -0.2) is 40.4 Å². The molecule has 0 saturated carbocycles. The van der Waals surface area contributed by atoms with E-state index in [0.717, 1.165) is 25.1 Å². The normalized spacial score (nSPS) is 23.1. The highest BCUT2D eigenvalue weighted by molar-refractivity contribution is 6.31. The van der Waals surface area contributed by atoms with Gasteiger partial charge in [-0.25, -0.2) is 4.79 Å². The molecule has 1 atom stereocenters. The van der Waals surface area contributed by atoms with Crippen molar-refractivity contribution in [3.8, 4) is 0 Å². The number of nitrogens with one attached hydrogen (secondary N) is 1. The Morgan fingerprint density at radius 2 is 1.74 bits per heavy atom. The van der Waals surface area contributed by atoms with Crippen molar-refractivity contribution >= 4 is 23.5 Å². The summed E-state index contributed by atoms with van der Waals surface area (Å²) < 4.78 is 0. The molecular formula is C21H22ClN3O2. The monoisotopic (exact) mass is 383 g/mol. The molecule has 4 rings (SSSR count). The van der Waals surface area contributed by atoms with Gasteiger partial charge in [0.15, 0.2) is 0 Å². The lowest BCUT2D eigenvalue weighted by atomic mass is 9.88. The fraction of sp³-hybridized carbons (Fsp3) is 0.333. The lowest BCUT2D eigenvalue weighted by Crippen LogP contribution is -2.58. The fourth-order valence-corrected chi connectivity index (χ4v) is 4.21. The molecule has 3 amide bonds. The maximum Gasteiger partial charge on any atom is 0.325 e. The van der Waals surface area contributed by atoms with Gasteiger partial charge in [-0.05, 0) is 36.6 Å². The van der Waals surface area contributed by atoms with Gasteiger partial charge in [-0.1, -0.05) is 60.1 Å². The van der Waals surface area contributed by atoms with Crippen molar-refractivity contribution in [2.24, 2.45) is 0 Å². The molecule has 6 heteroatoms. The second-order valence-electron chi connectivity index (χ2n) is 7.29. The topological polar surface area (TPSA) is 52.7 Å². The van der Waals surface area contributed by atoms with Crippen LogP contribution in [0.2, 0.25) is 5.02 Å². The number of hydrogen-bond donors (Lipinski definition) is 1. The van der Waals surface area contributed by atoms with Crippen LogP contribution in [0.15, 0.2) is 54.6 Å². The van der Waals surface area contributed by atoms with Crippen LogP contribution >= 0.6 is 11.6 Å². The first kappa shape index (κ1) is 18.0.